The number of aliphatic imine (C=N–C) groups is 2. The molecule has 0 fully saturated rings. The monoisotopic (exact) mass is 325 g/mol. The Hall–Kier alpha value is -2.47. The van der Waals surface area contributed by atoms with E-state index in [1.54, 1.807) is 17.0 Å². The molecule has 4 rings (SSSR count). The van der Waals surface area contributed by atoms with Gasteiger partial charge in [0.2, 0.25) is 0 Å². The van der Waals surface area contributed by atoms with Crippen molar-refractivity contribution in [3.8, 4) is 0 Å². The van der Waals surface area contributed by atoms with E-state index in [0.29, 0.717) is 16.8 Å². The molecular formula is C17H12FN3OS. The summed E-state index contributed by atoms with van der Waals surface area (Å²) in [7, 11) is 0. The lowest BCUT2D eigenvalue weighted by Crippen LogP contribution is -2.39. The van der Waals surface area contributed by atoms with Crippen molar-refractivity contribution in [2.45, 2.75) is 5.75 Å². The van der Waals surface area contributed by atoms with Gasteiger partial charge in [0, 0.05) is 11.3 Å². The fraction of sp³-hybridized carbons (Fsp3) is 0.118. The second-order valence-corrected chi connectivity index (χ2v) is 6.14. The molecule has 2 aliphatic heterocycles. The maximum atomic E-state index is 13.0. The van der Waals surface area contributed by atoms with Crippen molar-refractivity contribution < 1.29 is 9.18 Å². The summed E-state index contributed by atoms with van der Waals surface area (Å²) in [5.74, 6) is 0.951. The summed E-state index contributed by atoms with van der Waals surface area (Å²) in [6.45, 7) is 0.153. The summed E-state index contributed by atoms with van der Waals surface area (Å²) in [6.07, 6.45) is 0. The van der Waals surface area contributed by atoms with E-state index in [2.05, 4.69) is 9.98 Å². The maximum Gasteiger partial charge on any atom is 0.256 e. The number of benzene rings is 2. The van der Waals surface area contributed by atoms with E-state index in [4.69, 9.17) is 0 Å². The largest absolute Gasteiger partial charge is 0.272 e. The van der Waals surface area contributed by atoms with Crippen LogP contribution in [0.25, 0.3) is 0 Å². The number of fused-ring (bicyclic) bond motifs is 3. The lowest BCUT2D eigenvalue weighted by Gasteiger charge is -2.25. The summed E-state index contributed by atoms with van der Waals surface area (Å²) < 4.78 is 13.0. The van der Waals surface area contributed by atoms with Gasteiger partial charge in [0.05, 0.1) is 5.69 Å². The molecule has 0 aliphatic carbocycles. The van der Waals surface area contributed by atoms with E-state index < -0.39 is 0 Å². The van der Waals surface area contributed by atoms with Gasteiger partial charge in [-0.1, -0.05) is 36.0 Å². The highest BCUT2D eigenvalue weighted by atomic mass is 32.2. The number of amides is 1. The average molecular weight is 325 g/mol. The van der Waals surface area contributed by atoms with Crippen LogP contribution in [0.2, 0.25) is 0 Å². The molecule has 0 saturated heterocycles. The number of thioether (sulfide) groups is 1. The molecule has 0 radical (unpaired) electrons. The molecular weight excluding hydrogens is 313 g/mol. The van der Waals surface area contributed by atoms with Crippen LogP contribution in [0, 0.1) is 5.82 Å². The maximum absolute atomic E-state index is 13.0. The number of hydrogen-bond donors (Lipinski definition) is 0. The predicted octanol–water partition coefficient (Wildman–Crippen LogP) is 3.35. The van der Waals surface area contributed by atoms with E-state index in [1.165, 1.54) is 23.9 Å². The molecule has 23 heavy (non-hydrogen) atoms. The minimum absolute atomic E-state index is 0.0696. The summed E-state index contributed by atoms with van der Waals surface area (Å²) in [4.78, 5) is 22.7. The Labute approximate surface area is 136 Å². The number of amidine groups is 2. The second-order valence-electron chi connectivity index (χ2n) is 5.20. The zero-order valence-corrected chi connectivity index (χ0v) is 12.9. The van der Waals surface area contributed by atoms with Gasteiger partial charge in [-0.15, -0.1) is 0 Å². The number of rotatable bonds is 2. The van der Waals surface area contributed by atoms with Gasteiger partial charge in [-0.2, -0.15) is 0 Å². The summed E-state index contributed by atoms with van der Waals surface area (Å²) in [6, 6.07) is 14.0. The molecule has 4 nitrogen and oxygen atoms in total. The SMILES string of the molecule is O=C1CN=C2c3ccccc3N=C(SCc3ccc(F)cc3)N12. The molecule has 0 aromatic heterocycles. The highest BCUT2D eigenvalue weighted by Crippen LogP contribution is 2.32. The van der Waals surface area contributed by atoms with Crippen molar-refractivity contribution in [3.63, 3.8) is 0 Å². The molecule has 0 unspecified atom stereocenters. The van der Waals surface area contributed by atoms with Crippen molar-refractivity contribution in [2.75, 3.05) is 6.54 Å². The lowest BCUT2D eigenvalue weighted by atomic mass is 10.1. The van der Waals surface area contributed by atoms with Crippen LogP contribution in [0.15, 0.2) is 58.5 Å². The Morgan fingerprint density at radius 3 is 2.74 bits per heavy atom. The van der Waals surface area contributed by atoms with Gasteiger partial charge in [-0.3, -0.25) is 9.79 Å². The molecule has 2 aromatic carbocycles. The van der Waals surface area contributed by atoms with Crippen LogP contribution < -0.4 is 0 Å². The van der Waals surface area contributed by atoms with Gasteiger partial charge in [0.15, 0.2) is 5.17 Å². The molecule has 0 bridgehead atoms. The Bertz CT molecular complexity index is 845. The lowest BCUT2D eigenvalue weighted by molar-refractivity contribution is -0.122. The van der Waals surface area contributed by atoms with Gasteiger partial charge >= 0.3 is 0 Å². The third kappa shape index (κ3) is 2.55. The van der Waals surface area contributed by atoms with Crippen LogP contribution in [-0.2, 0) is 10.5 Å². The van der Waals surface area contributed by atoms with E-state index in [0.717, 1.165) is 16.8 Å². The normalized spacial score (nSPS) is 15.9. The third-order valence-electron chi connectivity index (χ3n) is 3.66. The molecule has 2 heterocycles. The molecule has 0 spiro atoms. The van der Waals surface area contributed by atoms with Crippen LogP contribution in [0.4, 0.5) is 10.1 Å². The highest BCUT2D eigenvalue weighted by Gasteiger charge is 2.35. The molecule has 6 heteroatoms. The third-order valence-corrected chi connectivity index (χ3v) is 4.67. The minimum Gasteiger partial charge on any atom is -0.272 e. The fourth-order valence-corrected chi connectivity index (χ4v) is 3.51. The number of nitrogens with zero attached hydrogens (tertiary/aromatic N) is 3. The number of carbonyl (C=O) groups is 1. The van der Waals surface area contributed by atoms with Crippen LogP contribution in [0.1, 0.15) is 11.1 Å². The number of para-hydroxylation sites is 1. The van der Waals surface area contributed by atoms with E-state index >= 15 is 0 Å². The number of carbonyl (C=O) groups excluding carboxylic acids is 1. The van der Waals surface area contributed by atoms with Crippen LogP contribution >= 0.6 is 11.8 Å². The van der Waals surface area contributed by atoms with Gasteiger partial charge in [0.1, 0.15) is 18.2 Å². The Morgan fingerprint density at radius 1 is 1.13 bits per heavy atom. The van der Waals surface area contributed by atoms with Crippen molar-refractivity contribution in [3.05, 3.63) is 65.5 Å². The van der Waals surface area contributed by atoms with Crippen LogP contribution in [0.3, 0.4) is 0 Å². The Kier molecular flexibility index (Phi) is 3.46. The van der Waals surface area contributed by atoms with E-state index in [9.17, 15) is 9.18 Å². The van der Waals surface area contributed by atoms with Crippen molar-refractivity contribution in [2.24, 2.45) is 9.98 Å². The Balaban J connectivity index is 1.64. The van der Waals surface area contributed by atoms with Crippen LogP contribution in [-0.4, -0.2) is 28.4 Å². The predicted molar refractivity (Wildman–Crippen MR) is 89.5 cm³/mol. The summed E-state index contributed by atoms with van der Waals surface area (Å²) in [5.41, 5.74) is 2.67. The highest BCUT2D eigenvalue weighted by molar-refractivity contribution is 8.13. The molecule has 1 amide bonds. The van der Waals surface area contributed by atoms with Gasteiger partial charge in [0.25, 0.3) is 5.91 Å². The van der Waals surface area contributed by atoms with Crippen molar-refractivity contribution >= 4 is 34.4 Å². The van der Waals surface area contributed by atoms with Gasteiger partial charge in [-0.05, 0) is 29.8 Å². The first-order valence-electron chi connectivity index (χ1n) is 7.15. The number of hydrogen-bond acceptors (Lipinski definition) is 4. The average Bonchev–Trinajstić information content (AvgIpc) is 2.97. The van der Waals surface area contributed by atoms with Gasteiger partial charge < -0.3 is 0 Å². The van der Waals surface area contributed by atoms with Gasteiger partial charge in [-0.25, -0.2) is 14.3 Å². The topological polar surface area (TPSA) is 45.0 Å². The van der Waals surface area contributed by atoms with E-state index in [1.807, 2.05) is 24.3 Å². The first-order chi connectivity index (χ1) is 11.2. The standard InChI is InChI=1S/C17H12FN3OS/c18-12-7-5-11(6-8-12)10-23-17-20-14-4-2-1-3-13(14)16-19-9-15(22)21(16)17/h1-8H,9-10H2. The molecule has 0 saturated carbocycles. The molecule has 114 valence electrons. The smallest absolute Gasteiger partial charge is 0.256 e. The first-order valence-corrected chi connectivity index (χ1v) is 8.14. The Morgan fingerprint density at radius 2 is 1.91 bits per heavy atom. The van der Waals surface area contributed by atoms with Crippen molar-refractivity contribution in [1.29, 1.82) is 0 Å². The summed E-state index contributed by atoms with van der Waals surface area (Å²) in [5, 5.41) is 0.620. The van der Waals surface area contributed by atoms with E-state index in [-0.39, 0.29) is 18.3 Å². The first kappa shape index (κ1) is 14.1. The number of halogens is 1. The minimum atomic E-state index is -0.258. The molecule has 0 N–H and O–H groups in total. The zero-order valence-electron chi connectivity index (χ0n) is 12.1. The molecule has 2 aromatic rings. The van der Waals surface area contributed by atoms with Crippen molar-refractivity contribution in [1.82, 2.24) is 4.90 Å². The fourth-order valence-electron chi connectivity index (χ4n) is 2.54. The second kappa shape index (κ2) is 5.62. The molecule has 2 aliphatic rings. The molecule has 0 atom stereocenters. The quantitative estimate of drug-likeness (QED) is 0.850. The summed E-state index contributed by atoms with van der Waals surface area (Å²) >= 11 is 1.45. The zero-order chi connectivity index (χ0) is 15.8. The van der Waals surface area contributed by atoms with Crippen LogP contribution in [0.5, 0.6) is 0 Å².